The van der Waals surface area contributed by atoms with Crippen molar-refractivity contribution in [3.8, 4) is 5.75 Å². The van der Waals surface area contributed by atoms with Gasteiger partial charge in [0.2, 0.25) is 0 Å². The highest BCUT2D eigenvalue weighted by atomic mass is 32.2. The zero-order chi connectivity index (χ0) is 17.1. The first-order valence-corrected chi connectivity index (χ1v) is 10.8. The van der Waals surface area contributed by atoms with E-state index in [4.69, 9.17) is 4.74 Å². The SMILES string of the molecule is COc1ccc(CSc2nnc(Sc3ncnc4sccc34)s2)cc1. The zero-order valence-corrected chi connectivity index (χ0v) is 16.3. The Morgan fingerprint density at radius 3 is 2.72 bits per heavy atom. The Morgan fingerprint density at radius 2 is 1.88 bits per heavy atom. The summed E-state index contributed by atoms with van der Waals surface area (Å²) in [7, 11) is 1.67. The second-order valence-electron chi connectivity index (χ2n) is 4.89. The van der Waals surface area contributed by atoms with E-state index in [0.717, 1.165) is 35.4 Å². The molecule has 3 aromatic heterocycles. The summed E-state index contributed by atoms with van der Waals surface area (Å²) in [6.45, 7) is 0. The van der Waals surface area contributed by atoms with Gasteiger partial charge in [-0.1, -0.05) is 35.2 Å². The smallest absolute Gasteiger partial charge is 0.181 e. The quantitative estimate of drug-likeness (QED) is 0.331. The summed E-state index contributed by atoms with van der Waals surface area (Å²) >= 11 is 6.43. The molecule has 1 aromatic carbocycles. The van der Waals surface area contributed by atoms with E-state index in [1.165, 1.54) is 17.3 Å². The number of thiophene rings is 1. The van der Waals surface area contributed by atoms with Crippen molar-refractivity contribution >= 4 is 56.4 Å². The third kappa shape index (κ3) is 3.95. The Bertz CT molecular complexity index is 983. The fourth-order valence-corrected chi connectivity index (χ4v) is 5.86. The van der Waals surface area contributed by atoms with E-state index in [1.54, 1.807) is 47.9 Å². The lowest BCUT2D eigenvalue weighted by Crippen LogP contribution is -1.84. The number of fused-ring (bicyclic) bond motifs is 1. The molecule has 126 valence electrons. The summed E-state index contributed by atoms with van der Waals surface area (Å²) in [5.74, 6) is 1.72. The largest absolute Gasteiger partial charge is 0.497 e. The van der Waals surface area contributed by atoms with Crippen LogP contribution in [0.5, 0.6) is 5.75 Å². The molecule has 25 heavy (non-hydrogen) atoms. The second-order valence-corrected chi connectivity index (χ2v) is 9.22. The van der Waals surface area contributed by atoms with Crippen LogP contribution in [0.25, 0.3) is 10.2 Å². The van der Waals surface area contributed by atoms with Crippen LogP contribution in [0.3, 0.4) is 0 Å². The van der Waals surface area contributed by atoms with Crippen molar-refractivity contribution in [2.24, 2.45) is 0 Å². The number of rotatable bonds is 6. The second kappa shape index (κ2) is 7.69. The standard InChI is InChI=1S/C16H12N4OS4/c1-21-11-4-2-10(3-5-11)8-23-15-19-20-16(25-15)24-14-12-6-7-22-13(12)17-9-18-14/h2-7,9H,8H2,1H3. The van der Waals surface area contributed by atoms with Crippen molar-refractivity contribution in [1.82, 2.24) is 20.2 Å². The number of thioether (sulfide) groups is 1. The topological polar surface area (TPSA) is 60.8 Å². The maximum atomic E-state index is 5.18. The summed E-state index contributed by atoms with van der Waals surface area (Å²) in [6, 6.07) is 10.1. The molecule has 0 radical (unpaired) electrons. The van der Waals surface area contributed by atoms with Crippen LogP contribution in [0, 0.1) is 0 Å². The van der Waals surface area contributed by atoms with Gasteiger partial charge in [-0.2, -0.15) is 0 Å². The van der Waals surface area contributed by atoms with Gasteiger partial charge in [-0.05, 0) is 40.9 Å². The highest BCUT2D eigenvalue weighted by Gasteiger charge is 2.11. The van der Waals surface area contributed by atoms with Crippen molar-refractivity contribution in [3.63, 3.8) is 0 Å². The molecule has 0 aliphatic heterocycles. The first-order chi connectivity index (χ1) is 12.3. The molecule has 0 unspecified atom stereocenters. The molecule has 0 N–H and O–H groups in total. The van der Waals surface area contributed by atoms with Crippen LogP contribution in [0.15, 0.2) is 55.7 Å². The molecule has 3 heterocycles. The average molecular weight is 405 g/mol. The van der Waals surface area contributed by atoms with E-state index >= 15 is 0 Å². The Hall–Kier alpha value is -1.68. The zero-order valence-electron chi connectivity index (χ0n) is 13.1. The van der Waals surface area contributed by atoms with Gasteiger partial charge in [-0.3, -0.25) is 0 Å². The van der Waals surface area contributed by atoms with E-state index in [9.17, 15) is 0 Å². The lowest BCUT2D eigenvalue weighted by Gasteiger charge is -2.01. The van der Waals surface area contributed by atoms with Crippen LogP contribution in [0.1, 0.15) is 5.56 Å². The normalized spacial score (nSPS) is 11.1. The predicted molar refractivity (Wildman–Crippen MR) is 104 cm³/mol. The van der Waals surface area contributed by atoms with Gasteiger partial charge in [-0.15, -0.1) is 21.5 Å². The van der Waals surface area contributed by atoms with Gasteiger partial charge in [-0.25, -0.2) is 9.97 Å². The van der Waals surface area contributed by atoms with E-state index in [-0.39, 0.29) is 0 Å². The summed E-state index contributed by atoms with van der Waals surface area (Å²) < 4.78 is 7.02. The van der Waals surface area contributed by atoms with Crippen LogP contribution in [-0.4, -0.2) is 27.3 Å². The molecule has 0 aliphatic rings. The highest BCUT2D eigenvalue weighted by Crippen LogP contribution is 2.37. The minimum Gasteiger partial charge on any atom is -0.497 e. The van der Waals surface area contributed by atoms with Crippen LogP contribution in [-0.2, 0) is 5.75 Å². The van der Waals surface area contributed by atoms with Crippen molar-refractivity contribution in [2.45, 2.75) is 19.5 Å². The third-order valence-electron chi connectivity index (χ3n) is 3.32. The van der Waals surface area contributed by atoms with Crippen LogP contribution in [0.2, 0.25) is 0 Å². The van der Waals surface area contributed by atoms with Crippen molar-refractivity contribution in [3.05, 3.63) is 47.6 Å². The molecule has 0 spiro atoms. The van der Waals surface area contributed by atoms with Crippen molar-refractivity contribution in [1.29, 1.82) is 0 Å². The first-order valence-electron chi connectivity index (χ1n) is 7.27. The van der Waals surface area contributed by atoms with Gasteiger partial charge >= 0.3 is 0 Å². The molecule has 4 rings (SSSR count). The predicted octanol–water partition coefficient (Wildman–Crippen LogP) is 4.99. The summed E-state index contributed by atoms with van der Waals surface area (Å²) in [5.41, 5.74) is 1.23. The number of hydrogen-bond acceptors (Lipinski definition) is 9. The van der Waals surface area contributed by atoms with Crippen molar-refractivity contribution in [2.75, 3.05) is 7.11 Å². The first kappa shape index (κ1) is 16.8. The number of aromatic nitrogens is 4. The van der Waals surface area contributed by atoms with Gasteiger partial charge in [0.05, 0.1) is 7.11 Å². The highest BCUT2D eigenvalue weighted by molar-refractivity contribution is 8.03. The minimum absolute atomic E-state index is 0.853. The number of benzene rings is 1. The van der Waals surface area contributed by atoms with Crippen LogP contribution in [0.4, 0.5) is 0 Å². The molecule has 9 heteroatoms. The number of methoxy groups -OCH3 is 1. The molecule has 0 aliphatic carbocycles. The number of nitrogens with zero attached hydrogens (tertiary/aromatic N) is 4. The van der Waals surface area contributed by atoms with Crippen molar-refractivity contribution < 1.29 is 4.74 Å². The molecule has 0 bridgehead atoms. The maximum Gasteiger partial charge on any atom is 0.181 e. The lowest BCUT2D eigenvalue weighted by atomic mass is 10.2. The monoisotopic (exact) mass is 404 g/mol. The fourth-order valence-electron chi connectivity index (χ4n) is 2.09. The van der Waals surface area contributed by atoms with Gasteiger partial charge in [0.15, 0.2) is 8.68 Å². The summed E-state index contributed by atoms with van der Waals surface area (Å²) in [5, 5.41) is 12.6. The van der Waals surface area contributed by atoms with E-state index in [1.807, 2.05) is 23.6 Å². The Kier molecular flexibility index (Phi) is 5.16. The molecule has 5 nitrogen and oxygen atoms in total. The maximum absolute atomic E-state index is 5.18. The summed E-state index contributed by atoms with van der Waals surface area (Å²) in [6.07, 6.45) is 1.60. The van der Waals surface area contributed by atoms with E-state index < -0.39 is 0 Å². The molecular formula is C16H12N4OS4. The fraction of sp³-hybridized carbons (Fsp3) is 0.125. The lowest BCUT2D eigenvalue weighted by molar-refractivity contribution is 0.414. The Balaban J connectivity index is 1.42. The van der Waals surface area contributed by atoms with Gasteiger partial charge in [0.25, 0.3) is 0 Å². The van der Waals surface area contributed by atoms with Crippen LogP contribution >= 0.6 is 46.2 Å². The average Bonchev–Trinajstić information content (AvgIpc) is 3.30. The molecular weight excluding hydrogens is 392 g/mol. The van der Waals surface area contributed by atoms with Gasteiger partial charge in [0.1, 0.15) is 21.9 Å². The minimum atomic E-state index is 0.853. The number of hydrogen-bond donors (Lipinski definition) is 0. The van der Waals surface area contributed by atoms with E-state index in [2.05, 4.69) is 32.3 Å². The number of ether oxygens (including phenoxy) is 1. The molecule has 0 saturated heterocycles. The molecule has 0 amide bonds. The summed E-state index contributed by atoms with van der Waals surface area (Å²) in [4.78, 5) is 9.64. The van der Waals surface area contributed by atoms with Gasteiger partial charge < -0.3 is 4.74 Å². The molecule has 4 aromatic rings. The molecule has 0 atom stereocenters. The van der Waals surface area contributed by atoms with Gasteiger partial charge in [0, 0.05) is 11.1 Å². The molecule has 0 saturated carbocycles. The Labute approximate surface area is 160 Å². The third-order valence-corrected chi connectivity index (χ3v) is 7.34. The van der Waals surface area contributed by atoms with E-state index in [0.29, 0.717) is 0 Å². The van der Waals surface area contributed by atoms with Crippen LogP contribution < -0.4 is 4.74 Å². The Morgan fingerprint density at radius 1 is 1.04 bits per heavy atom. The molecule has 0 fully saturated rings.